The second kappa shape index (κ2) is 10.7. The Balaban J connectivity index is 1.21. The van der Waals surface area contributed by atoms with Crippen LogP contribution in [-0.2, 0) is 17.3 Å². The van der Waals surface area contributed by atoms with E-state index in [9.17, 15) is 0 Å². The van der Waals surface area contributed by atoms with E-state index in [2.05, 4.69) is 166 Å². The van der Waals surface area contributed by atoms with Crippen LogP contribution >= 0.6 is 0 Å². The Kier molecular flexibility index (Phi) is 6.19. The average molecular weight is 686 g/mol. The molecule has 0 bridgehead atoms. The van der Waals surface area contributed by atoms with Gasteiger partial charge in [-0.15, -0.1) is 0 Å². The van der Waals surface area contributed by atoms with E-state index in [1.807, 2.05) is 6.07 Å². The first kappa shape index (κ1) is 30.6. The lowest BCUT2D eigenvalue weighted by molar-refractivity contribution is 0.357. The van der Waals surface area contributed by atoms with Crippen LogP contribution in [0.3, 0.4) is 0 Å². The van der Waals surface area contributed by atoms with Crippen LogP contribution in [0.4, 0.5) is 17.1 Å². The van der Waals surface area contributed by atoms with Crippen LogP contribution in [-0.4, -0.2) is 6.61 Å². The maximum absolute atomic E-state index is 6.54. The Morgan fingerprint density at radius 3 is 1.94 bits per heavy atom. The van der Waals surface area contributed by atoms with Gasteiger partial charge in [0.05, 0.1) is 12.3 Å². The molecule has 1 aliphatic heterocycles. The van der Waals surface area contributed by atoms with Gasteiger partial charge in [-0.3, -0.25) is 0 Å². The van der Waals surface area contributed by atoms with Crippen molar-refractivity contribution in [2.45, 2.75) is 44.9 Å². The second-order valence-electron chi connectivity index (χ2n) is 16.0. The molecular formula is C50H39NO2. The first-order valence-electron chi connectivity index (χ1n) is 18.8. The smallest absolute Gasteiger partial charge is 0.137 e. The van der Waals surface area contributed by atoms with Gasteiger partial charge in [-0.05, 0) is 110 Å². The third kappa shape index (κ3) is 4.28. The molecule has 0 unspecified atom stereocenters. The van der Waals surface area contributed by atoms with Gasteiger partial charge in [0.15, 0.2) is 0 Å². The first-order chi connectivity index (χ1) is 25.8. The van der Waals surface area contributed by atoms with Crippen molar-refractivity contribution < 1.29 is 9.15 Å². The number of hydrogen-bond acceptors (Lipinski definition) is 3. The van der Waals surface area contributed by atoms with Crippen molar-refractivity contribution in [3.63, 3.8) is 0 Å². The number of para-hydroxylation sites is 1. The second-order valence-corrected chi connectivity index (χ2v) is 16.0. The molecule has 256 valence electrons. The molecule has 11 rings (SSSR count). The summed E-state index contributed by atoms with van der Waals surface area (Å²) in [6.45, 7) is 10.2. The molecule has 3 heteroatoms. The maximum atomic E-state index is 6.54. The average Bonchev–Trinajstić information content (AvgIpc) is 3.91. The van der Waals surface area contributed by atoms with Crippen LogP contribution in [0.5, 0.6) is 5.75 Å². The number of ether oxygens (including phenoxy) is 1. The van der Waals surface area contributed by atoms with Crippen LogP contribution in [0.2, 0.25) is 0 Å². The maximum Gasteiger partial charge on any atom is 0.137 e. The molecule has 7 aromatic carbocycles. The molecule has 2 heterocycles. The Morgan fingerprint density at radius 1 is 0.491 bits per heavy atom. The summed E-state index contributed by atoms with van der Waals surface area (Å²) in [4.78, 5) is 2.48. The van der Waals surface area contributed by atoms with Crippen molar-refractivity contribution in [3.8, 4) is 39.1 Å². The molecule has 0 atom stereocenters. The summed E-state index contributed by atoms with van der Waals surface area (Å²) in [6.07, 6.45) is 0.923. The third-order valence-corrected chi connectivity index (χ3v) is 12.4. The summed E-state index contributed by atoms with van der Waals surface area (Å²) < 4.78 is 12.5. The van der Waals surface area contributed by atoms with Gasteiger partial charge in [-0.25, -0.2) is 0 Å². The number of rotatable bonds is 4. The summed E-state index contributed by atoms with van der Waals surface area (Å²) >= 11 is 0. The normalized spacial score (nSPS) is 15.5. The van der Waals surface area contributed by atoms with Crippen molar-refractivity contribution in [2.75, 3.05) is 11.5 Å². The SMILES string of the molecule is CC1(C)c2ccccc2-c2ccc(N(c3ccc4c(c3)oc3ccccc34)c3cc4c(cc3-c3ccc5c(c3)CCO5)-c3ccccc3C4(C)C)cc21. The van der Waals surface area contributed by atoms with Crippen molar-refractivity contribution in [2.24, 2.45) is 0 Å². The van der Waals surface area contributed by atoms with Crippen molar-refractivity contribution in [1.82, 2.24) is 0 Å². The summed E-state index contributed by atoms with van der Waals surface area (Å²) in [7, 11) is 0. The van der Waals surface area contributed by atoms with Crippen LogP contribution in [0.25, 0.3) is 55.3 Å². The number of hydrogen-bond donors (Lipinski definition) is 0. The van der Waals surface area contributed by atoms with E-state index in [-0.39, 0.29) is 10.8 Å². The zero-order chi connectivity index (χ0) is 35.6. The van der Waals surface area contributed by atoms with E-state index in [1.54, 1.807) is 0 Å². The van der Waals surface area contributed by atoms with Crippen LogP contribution in [0.15, 0.2) is 144 Å². The van der Waals surface area contributed by atoms with E-state index >= 15 is 0 Å². The highest BCUT2D eigenvalue weighted by Crippen LogP contribution is 2.55. The highest BCUT2D eigenvalue weighted by atomic mass is 16.5. The molecule has 53 heavy (non-hydrogen) atoms. The molecule has 8 aromatic rings. The third-order valence-electron chi connectivity index (χ3n) is 12.4. The van der Waals surface area contributed by atoms with E-state index in [4.69, 9.17) is 9.15 Å². The molecule has 0 fully saturated rings. The molecule has 0 radical (unpaired) electrons. The highest BCUT2D eigenvalue weighted by Gasteiger charge is 2.39. The van der Waals surface area contributed by atoms with Gasteiger partial charge in [0.1, 0.15) is 16.9 Å². The molecule has 3 nitrogen and oxygen atoms in total. The van der Waals surface area contributed by atoms with Crippen LogP contribution in [0.1, 0.15) is 55.5 Å². The summed E-state index contributed by atoms with van der Waals surface area (Å²) in [5.41, 5.74) is 19.1. The highest BCUT2D eigenvalue weighted by molar-refractivity contribution is 6.06. The zero-order valence-corrected chi connectivity index (χ0v) is 30.5. The molecule has 1 aromatic heterocycles. The van der Waals surface area contributed by atoms with Crippen LogP contribution < -0.4 is 9.64 Å². The molecule has 3 aliphatic rings. The van der Waals surface area contributed by atoms with Gasteiger partial charge in [0, 0.05) is 51.0 Å². The van der Waals surface area contributed by atoms with Gasteiger partial charge in [0.25, 0.3) is 0 Å². The molecule has 0 spiro atoms. The summed E-state index contributed by atoms with van der Waals surface area (Å²) in [6, 6.07) is 51.6. The largest absolute Gasteiger partial charge is 0.493 e. The van der Waals surface area contributed by atoms with Crippen molar-refractivity contribution >= 4 is 39.0 Å². The van der Waals surface area contributed by atoms with Crippen molar-refractivity contribution in [1.29, 1.82) is 0 Å². The van der Waals surface area contributed by atoms with E-state index in [0.717, 1.165) is 57.8 Å². The molecule has 0 amide bonds. The van der Waals surface area contributed by atoms with E-state index in [1.165, 1.54) is 61.2 Å². The lowest BCUT2D eigenvalue weighted by atomic mass is 9.81. The topological polar surface area (TPSA) is 25.6 Å². The predicted octanol–water partition coefficient (Wildman–Crippen LogP) is 13.3. The van der Waals surface area contributed by atoms with Gasteiger partial charge in [-0.1, -0.05) is 107 Å². The Morgan fingerprint density at radius 2 is 1.13 bits per heavy atom. The lowest BCUT2D eigenvalue weighted by Gasteiger charge is -2.31. The van der Waals surface area contributed by atoms with Crippen molar-refractivity contribution in [3.05, 3.63) is 167 Å². The lowest BCUT2D eigenvalue weighted by Crippen LogP contribution is -2.18. The minimum Gasteiger partial charge on any atom is -0.493 e. The monoisotopic (exact) mass is 685 g/mol. The minimum atomic E-state index is -0.166. The van der Waals surface area contributed by atoms with Gasteiger partial charge in [-0.2, -0.15) is 0 Å². The summed E-state index contributed by atoms with van der Waals surface area (Å²) in [5.74, 6) is 0.996. The van der Waals surface area contributed by atoms with Gasteiger partial charge >= 0.3 is 0 Å². The fraction of sp³-hybridized carbons (Fsp3) is 0.160. The number of anilines is 3. The molecule has 2 aliphatic carbocycles. The fourth-order valence-corrected chi connectivity index (χ4v) is 9.62. The Hall–Kier alpha value is -6.06. The standard InChI is InChI=1S/C50H39NO2/c1-49(2)41-14-8-5-11-34(41)36-20-18-32(26-43(36)49)51(33-19-21-38-37-13-7-10-16-47(37)53-48(38)27-33)45-29-44-40(35-12-6-9-15-42(35)50(44,3)4)28-39(45)30-17-22-46-31(25-30)23-24-52-46/h5-22,25-29H,23-24H2,1-4H3. The Labute approximate surface area is 310 Å². The van der Waals surface area contributed by atoms with E-state index < -0.39 is 0 Å². The van der Waals surface area contributed by atoms with E-state index in [0.29, 0.717) is 0 Å². The molecule has 0 N–H and O–H groups in total. The predicted molar refractivity (Wildman–Crippen MR) is 218 cm³/mol. The number of nitrogens with zero attached hydrogens (tertiary/aromatic N) is 1. The fourth-order valence-electron chi connectivity index (χ4n) is 9.62. The van der Waals surface area contributed by atoms with Gasteiger partial charge < -0.3 is 14.1 Å². The molecule has 0 saturated heterocycles. The first-order valence-corrected chi connectivity index (χ1v) is 18.8. The zero-order valence-electron chi connectivity index (χ0n) is 30.5. The van der Waals surface area contributed by atoms with Gasteiger partial charge in [0.2, 0.25) is 0 Å². The molecule has 0 saturated carbocycles. The Bertz CT molecular complexity index is 2830. The minimum absolute atomic E-state index is 0.138. The molecular weight excluding hydrogens is 647 g/mol. The summed E-state index contributed by atoms with van der Waals surface area (Å²) in [5, 5.41) is 2.26. The van der Waals surface area contributed by atoms with Crippen LogP contribution in [0, 0.1) is 0 Å². The number of benzene rings is 7. The quantitative estimate of drug-likeness (QED) is 0.184. The number of furan rings is 1. The number of fused-ring (bicyclic) bond motifs is 10.